The van der Waals surface area contributed by atoms with Gasteiger partial charge in [-0.1, -0.05) is 34.8 Å². The Morgan fingerprint density at radius 2 is 2.08 bits per heavy atom. The SMILES string of the molecule is CO[C@@H](CCC#N)OCC(Cl)(Cl)Cl. The van der Waals surface area contributed by atoms with E-state index in [1.165, 1.54) is 7.11 Å². The van der Waals surface area contributed by atoms with Gasteiger partial charge in [0.2, 0.25) is 3.79 Å². The number of ether oxygens (including phenoxy) is 2. The normalized spacial score (nSPS) is 13.8. The number of methoxy groups -OCH3 is 1. The van der Waals surface area contributed by atoms with E-state index in [9.17, 15) is 0 Å². The average Bonchev–Trinajstić information content (AvgIpc) is 2.03. The van der Waals surface area contributed by atoms with Crippen molar-refractivity contribution in [3.8, 4) is 6.07 Å². The monoisotopic (exact) mass is 245 g/mol. The summed E-state index contributed by atoms with van der Waals surface area (Å²) in [5, 5.41) is 8.30. The molecule has 76 valence electrons. The summed E-state index contributed by atoms with van der Waals surface area (Å²) in [6, 6.07) is 1.97. The molecule has 0 N–H and O–H groups in total. The second-order valence-corrected chi connectivity index (χ2v) is 4.80. The molecule has 0 saturated heterocycles. The third-order valence-electron chi connectivity index (χ3n) is 1.19. The lowest BCUT2D eigenvalue weighted by Gasteiger charge is -2.18. The van der Waals surface area contributed by atoms with E-state index >= 15 is 0 Å². The topological polar surface area (TPSA) is 42.2 Å². The smallest absolute Gasteiger partial charge is 0.213 e. The average molecular weight is 247 g/mol. The third kappa shape index (κ3) is 8.61. The Kier molecular flexibility index (Phi) is 6.84. The minimum atomic E-state index is -1.44. The van der Waals surface area contributed by atoms with E-state index in [4.69, 9.17) is 49.5 Å². The first-order valence-electron chi connectivity index (χ1n) is 3.57. The van der Waals surface area contributed by atoms with E-state index < -0.39 is 10.1 Å². The van der Waals surface area contributed by atoms with Crippen molar-refractivity contribution >= 4 is 34.8 Å². The van der Waals surface area contributed by atoms with Gasteiger partial charge >= 0.3 is 0 Å². The summed E-state index contributed by atoms with van der Waals surface area (Å²) < 4.78 is 8.55. The Bertz CT molecular complexity index is 176. The van der Waals surface area contributed by atoms with Crippen LogP contribution in [0, 0.1) is 11.3 Å². The zero-order chi connectivity index (χ0) is 10.3. The first-order valence-corrected chi connectivity index (χ1v) is 4.71. The van der Waals surface area contributed by atoms with Crippen LogP contribution in [0.2, 0.25) is 0 Å². The van der Waals surface area contributed by atoms with E-state index in [2.05, 4.69) is 0 Å². The summed E-state index contributed by atoms with van der Waals surface area (Å²) in [5.41, 5.74) is 0. The molecule has 6 heteroatoms. The Morgan fingerprint density at radius 3 is 2.46 bits per heavy atom. The third-order valence-corrected chi connectivity index (χ3v) is 1.51. The van der Waals surface area contributed by atoms with Crippen LogP contribution >= 0.6 is 34.8 Å². The molecule has 0 aliphatic heterocycles. The zero-order valence-corrected chi connectivity index (χ0v) is 9.36. The van der Waals surface area contributed by atoms with Crippen LogP contribution in [0.4, 0.5) is 0 Å². The summed E-state index contributed by atoms with van der Waals surface area (Å²) in [5.74, 6) is 0. The predicted molar refractivity (Wildman–Crippen MR) is 51.9 cm³/mol. The van der Waals surface area contributed by atoms with E-state index in [0.717, 1.165) is 0 Å². The van der Waals surface area contributed by atoms with Gasteiger partial charge in [0.1, 0.15) is 0 Å². The van der Waals surface area contributed by atoms with Gasteiger partial charge < -0.3 is 9.47 Å². The molecule has 0 aromatic heterocycles. The number of rotatable bonds is 5. The second kappa shape index (κ2) is 6.69. The number of hydrogen-bond donors (Lipinski definition) is 0. The van der Waals surface area contributed by atoms with Gasteiger partial charge in [0.15, 0.2) is 6.29 Å². The van der Waals surface area contributed by atoms with Crippen LogP contribution in [-0.4, -0.2) is 23.8 Å². The molecule has 0 saturated carbocycles. The summed E-state index contributed by atoms with van der Waals surface area (Å²) in [7, 11) is 1.47. The maximum Gasteiger partial charge on any atom is 0.213 e. The molecule has 0 fully saturated rings. The van der Waals surface area contributed by atoms with Crippen molar-refractivity contribution in [2.75, 3.05) is 13.7 Å². The van der Waals surface area contributed by atoms with Crippen LogP contribution in [0.3, 0.4) is 0 Å². The minimum Gasteiger partial charge on any atom is -0.356 e. The van der Waals surface area contributed by atoms with Crippen LogP contribution < -0.4 is 0 Å². The van der Waals surface area contributed by atoms with Crippen molar-refractivity contribution in [1.82, 2.24) is 0 Å². The second-order valence-electron chi connectivity index (χ2n) is 2.29. The van der Waals surface area contributed by atoms with Gasteiger partial charge in [0.05, 0.1) is 12.7 Å². The van der Waals surface area contributed by atoms with E-state index in [1.54, 1.807) is 0 Å². The maximum absolute atomic E-state index is 8.30. The molecule has 0 heterocycles. The first-order chi connectivity index (χ1) is 5.99. The predicted octanol–water partition coefficient (Wildman–Crippen LogP) is 2.65. The molecule has 0 amide bonds. The van der Waals surface area contributed by atoms with E-state index in [-0.39, 0.29) is 6.61 Å². The van der Waals surface area contributed by atoms with Crippen LogP contribution in [0.25, 0.3) is 0 Å². The van der Waals surface area contributed by atoms with Crippen LogP contribution in [0.1, 0.15) is 12.8 Å². The molecule has 0 radical (unpaired) electrons. The van der Waals surface area contributed by atoms with Gasteiger partial charge in [-0.15, -0.1) is 0 Å². The summed E-state index contributed by atoms with van der Waals surface area (Å²) in [6.45, 7) is -0.0540. The molecule has 0 rings (SSSR count). The Labute approximate surface area is 92.5 Å². The van der Waals surface area contributed by atoms with Crippen molar-refractivity contribution in [2.45, 2.75) is 22.9 Å². The zero-order valence-electron chi connectivity index (χ0n) is 7.10. The Hall–Kier alpha value is 0.280. The van der Waals surface area contributed by atoms with Crippen LogP contribution in [0.15, 0.2) is 0 Å². The van der Waals surface area contributed by atoms with Crippen molar-refractivity contribution in [1.29, 1.82) is 5.26 Å². The molecular weight excluding hydrogens is 236 g/mol. The summed E-state index contributed by atoms with van der Waals surface area (Å²) >= 11 is 16.4. The maximum atomic E-state index is 8.30. The molecule has 0 aliphatic carbocycles. The van der Waals surface area contributed by atoms with Gasteiger partial charge in [-0.3, -0.25) is 0 Å². The largest absolute Gasteiger partial charge is 0.356 e. The molecule has 0 unspecified atom stereocenters. The number of nitriles is 1. The van der Waals surface area contributed by atoms with Crippen molar-refractivity contribution in [2.24, 2.45) is 0 Å². The highest BCUT2D eigenvalue weighted by Gasteiger charge is 2.22. The van der Waals surface area contributed by atoms with Gasteiger partial charge in [-0.25, -0.2) is 0 Å². The molecule has 0 aromatic carbocycles. The minimum absolute atomic E-state index is 0.0540. The fraction of sp³-hybridized carbons (Fsp3) is 0.857. The fourth-order valence-electron chi connectivity index (χ4n) is 0.639. The standard InChI is InChI=1S/C7H10Cl3NO2/c1-12-6(3-2-4-11)13-5-7(8,9)10/h6H,2-3,5H2,1H3/t6-/m1/s1. The van der Waals surface area contributed by atoms with Gasteiger partial charge in [-0.05, 0) is 0 Å². The Balaban J connectivity index is 3.67. The molecule has 0 aromatic rings. The van der Waals surface area contributed by atoms with Crippen LogP contribution in [0.5, 0.6) is 0 Å². The fourth-order valence-corrected chi connectivity index (χ4v) is 0.828. The molecular formula is C7H10Cl3NO2. The molecule has 3 nitrogen and oxygen atoms in total. The first kappa shape index (κ1) is 13.3. The van der Waals surface area contributed by atoms with Crippen LogP contribution in [-0.2, 0) is 9.47 Å². The summed E-state index contributed by atoms with van der Waals surface area (Å²) in [6.07, 6.45) is 0.321. The lowest BCUT2D eigenvalue weighted by Crippen LogP contribution is -2.22. The number of hydrogen-bond acceptors (Lipinski definition) is 3. The molecule has 0 spiro atoms. The molecule has 0 aliphatic rings. The number of alkyl halides is 3. The van der Waals surface area contributed by atoms with E-state index in [0.29, 0.717) is 12.8 Å². The van der Waals surface area contributed by atoms with Gasteiger partial charge in [0, 0.05) is 20.0 Å². The highest BCUT2D eigenvalue weighted by molar-refractivity contribution is 6.67. The van der Waals surface area contributed by atoms with E-state index in [1.807, 2.05) is 6.07 Å². The van der Waals surface area contributed by atoms with Crippen molar-refractivity contribution in [3.05, 3.63) is 0 Å². The lowest BCUT2D eigenvalue weighted by atomic mass is 10.3. The molecule has 0 bridgehead atoms. The van der Waals surface area contributed by atoms with Gasteiger partial charge in [0.25, 0.3) is 0 Å². The highest BCUT2D eigenvalue weighted by Crippen LogP contribution is 2.26. The number of halogens is 3. The lowest BCUT2D eigenvalue weighted by molar-refractivity contribution is -0.125. The number of nitrogens with zero attached hydrogens (tertiary/aromatic N) is 1. The Morgan fingerprint density at radius 1 is 1.46 bits per heavy atom. The molecule has 1 atom stereocenters. The molecule has 13 heavy (non-hydrogen) atoms. The highest BCUT2D eigenvalue weighted by atomic mass is 35.6. The van der Waals surface area contributed by atoms with Crippen molar-refractivity contribution < 1.29 is 9.47 Å². The van der Waals surface area contributed by atoms with Gasteiger partial charge in [-0.2, -0.15) is 5.26 Å². The van der Waals surface area contributed by atoms with Crippen molar-refractivity contribution in [3.63, 3.8) is 0 Å². The quantitative estimate of drug-likeness (QED) is 0.553. The summed E-state index contributed by atoms with van der Waals surface area (Å²) in [4.78, 5) is 0.